The van der Waals surface area contributed by atoms with Gasteiger partial charge in [-0.3, -0.25) is 4.90 Å². The van der Waals surface area contributed by atoms with Gasteiger partial charge in [-0.2, -0.15) is 0 Å². The molecule has 0 aromatic rings. The molecule has 0 N–H and O–H groups in total. The van der Waals surface area contributed by atoms with Crippen molar-refractivity contribution in [1.29, 1.82) is 0 Å². The fourth-order valence-electron chi connectivity index (χ4n) is 2.00. The van der Waals surface area contributed by atoms with Gasteiger partial charge in [0.2, 0.25) is 0 Å². The first kappa shape index (κ1) is 13.8. The average molecular weight is 240 g/mol. The molecule has 0 amide bonds. The Balaban J connectivity index is 2.86. The second kappa shape index (κ2) is 4.94. The zero-order chi connectivity index (χ0) is 13.1. The van der Waals surface area contributed by atoms with E-state index in [9.17, 15) is 4.79 Å². The van der Waals surface area contributed by atoms with Crippen LogP contribution in [0.25, 0.3) is 10.4 Å². The number of carbonyl (C=O) groups excluding carboxylic acids is 1. The number of ether oxygens (including phenoxy) is 1. The Morgan fingerprint density at radius 1 is 1.59 bits per heavy atom. The molecule has 1 fully saturated rings. The summed E-state index contributed by atoms with van der Waals surface area (Å²) in [5, 5.41) is 3.55. The lowest BCUT2D eigenvalue weighted by molar-refractivity contribution is -0.148. The first-order chi connectivity index (χ1) is 7.94. The SMILES string of the molecule is CCOC(=O)C1(CN=[N+]=[N-])CN1C(C)(C)CC. The summed E-state index contributed by atoms with van der Waals surface area (Å²) in [7, 11) is 0. The number of esters is 1. The van der Waals surface area contributed by atoms with Gasteiger partial charge in [-0.05, 0) is 32.7 Å². The van der Waals surface area contributed by atoms with Crippen molar-refractivity contribution in [1.82, 2.24) is 4.90 Å². The highest BCUT2D eigenvalue weighted by atomic mass is 16.5. The number of rotatable bonds is 6. The van der Waals surface area contributed by atoms with Crippen molar-refractivity contribution in [2.24, 2.45) is 5.11 Å². The van der Waals surface area contributed by atoms with E-state index in [0.717, 1.165) is 6.42 Å². The number of hydrogen-bond donors (Lipinski definition) is 0. The lowest BCUT2D eigenvalue weighted by Gasteiger charge is -2.28. The monoisotopic (exact) mass is 240 g/mol. The van der Waals surface area contributed by atoms with E-state index in [2.05, 4.69) is 30.8 Å². The minimum Gasteiger partial charge on any atom is -0.465 e. The van der Waals surface area contributed by atoms with Crippen molar-refractivity contribution in [3.05, 3.63) is 10.4 Å². The van der Waals surface area contributed by atoms with Crippen molar-refractivity contribution >= 4 is 5.97 Å². The highest BCUT2D eigenvalue weighted by Crippen LogP contribution is 2.42. The van der Waals surface area contributed by atoms with Crippen molar-refractivity contribution in [3.63, 3.8) is 0 Å². The molecule has 1 saturated heterocycles. The van der Waals surface area contributed by atoms with Crippen LogP contribution in [0.5, 0.6) is 0 Å². The molecule has 2 atom stereocenters. The van der Waals surface area contributed by atoms with Crippen LogP contribution in [0.2, 0.25) is 0 Å². The molecule has 1 aliphatic rings. The molecule has 6 nitrogen and oxygen atoms in total. The van der Waals surface area contributed by atoms with Crippen LogP contribution in [0, 0.1) is 0 Å². The van der Waals surface area contributed by atoms with Gasteiger partial charge < -0.3 is 4.74 Å². The summed E-state index contributed by atoms with van der Waals surface area (Å²) in [5.41, 5.74) is 7.58. The zero-order valence-corrected chi connectivity index (χ0v) is 10.9. The molecule has 0 radical (unpaired) electrons. The maximum atomic E-state index is 12.0. The van der Waals surface area contributed by atoms with E-state index in [4.69, 9.17) is 10.3 Å². The molecule has 0 spiro atoms. The van der Waals surface area contributed by atoms with Crippen LogP contribution in [0.4, 0.5) is 0 Å². The van der Waals surface area contributed by atoms with Crippen LogP contribution < -0.4 is 0 Å². The van der Waals surface area contributed by atoms with Gasteiger partial charge in [0.25, 0.3) is 0 Å². The number of hydrogen-bond acceptors (Lipinski definition) is 4. The molecule has 0 bridgehead atoms. The topological polar surface area (TPSA) is 78.1 Å². The molecule has 1 rings (SSSR count). The number of nitrogens with zero attached hydrogens (tertiary/aromatic N) is 4. The minimum absolute atomic E-state index is 0.0856. The Morgan fingerprint density at radius 2 is 2.24 bits per heavy atom. The summed E-state index contributed by atoms with van der Waals surface area (Å²) in [6.07, 6.45) is 0.921. The van der Waals surface area contributed by atoms with Crippen LogP contribution in [-0.4, -0.2) is 41.6 Å². The van der Waals surface area contributed by atoms with E-state index in [-0.39, 0.29) is 18.1 Å². The third-order valence-electron chi connectivity index (χ3n) is 3.48. The summed E-state index contributed by atoms with van der Waals surface area (Å²) >= 11 is 0. The fourth-order valence-corrected chi connectivity index (χ4v) is 2.00. The molecule has 17 heavy (non-hydrogen) atoms. The van der Waals surface area contributed by atoms with Crippen molar-refractivity contribution in [2.75, 3.05) is 19.7 Å². The number of azide groups is 1. The number of carbonyl (C=O) groups is 1. The van der Waals surface area contributed by atoms with Crippen molar-refractivity contribution in [3.8, 4) is 0 Å². The quantitative estimate of drug-likeness (QED) is 0.234. The minimum atomic E-state index is -0.734. The van der Waals surface area contributed by atoms with E-state index in [0.29, 0.717) is 13.2 Å². The first-order valence-corrected chi connectivity index (χ1v) is 5.90. The molecule has 6 heteroatoms. The van der Waals surface area contributed by atoms with Crippen LogP contribution in [0.3, 0.4) is 0 Å². The maximum Gasteiger partial charge on any atom is 0.328 e. The van der Waals surface area contributed by atoms with E-state index >= 15 is 0 Å². The Morgan fingerprint density at radius 3 is 2.71 bits per heavy atom. The smallest absolute Gasteiger partial charge is 0.328 e. The molecule has 0 aromatic carbocycles. The first-order valence-electron chi connectivity index (χ1n) is 5.90. The molecule has 0 saturated carbocycles. The van der Waals surface area contributed by atoms with E-state index in [1.165, 1.54) is 0 Å². The Hall–Kier alpha value is -1.26. The third-order valence-corrected chi connectivity index (χ3v) is 3.48. The van der Waals surface area contributed by atoms with Gasteiger partial charge in [-0.15, -0.1) is 0 Å². The van der Waals surface area contributed by atoms with Gasteiger partial charge >= 0.3 is 5.97 Å². The average Bonchev–Trinajstić information content (AvgIpc) is 3.04. The van der Waals surface area contributed by atoms with Crippen LogP contribution >= 0.6 is 0 Å². The van der Waals surface area contributed by atoms with Gasteiger partial charge in [0.15, 0.2) is 0 Å². The summed E-state index contributed by atoms with van der Waals surface area (Å²) in [5.74, 6) is -0.283. The summed E-state index contributed by atoms with van der Waals surface area (Å²) in [6, 6.07) is 0. The fraction of sp³-hybridized carbons (Fsp3) is 0.909. The predicted molar refractivity (Wildman–Crippen MR) is 64.5 cm³/mol. The maximum absolute atomic E-state index is 12.0. The Bertz CT molecular complexity index is 349. The molecule has 0 aromatic heterocycles. The predicted octanol–water partition coefficient (Wildman–Crippen LogP) is 2.10. The van der Waals surface area contributed by atoms with Gasteiger partial charge in [0.05, 0.1) is 13.2 Å². The lowest BCUT2D eigenvalue weighted by atomic mass is 10.0. The molecule has 1 aliphatic heterocycles. The second-order valence-corrected chi connectivity index (χ2v) is 4.89. The van der Waals surface area contributed by atoms with Gasteiger partial charge in [0, 0.05) is 17.0 Å². The molecule has 1 heterocycles. The normalized spacial score (nSPS) is 27.2. The van der Waals surface area contributed by atoms with Gasteiger partial charge in [0.1, 0.15) is 5.54 Å². The molecular formula is C11H20N4O2. The summed E-state index contributed by atoms with van der Waals surface area (Å²) in [4.78, 5) is 16.7. The molecular weight excluding hydrogens is 220 g/mol. The van der Waals surface area contributed by atoms with Gasteiger partial charge in [-0.1, -0.05) is 12.0 Å². The standard InChI is InChI=1S/C11H20N4O2/c1-5-10(3,4)15-8-11(15,7-13-14-12)9(16)17-6-2/h5-8H2,1-4H3. The molecule has 0 aliphatic carbocycles. The largest absolute Gasteiger partial charge is 0.465 e. The van der Waals surface area contributed by atoms with E-state index < -0.39 is 5.54 Å². The van der Waals surface area contributed by atoms with E-state index in [1.54, 1.807) is 6.92 Å². The van der Waals surface area contributed by atoms with Crippen LogP contribution in [-0.2, 0) is 9.53 Å². The second-order valence-electron chi connectivity index (χ2n) is 4.89. The molecule has 96 valence electrons. The molecule has 2 unspecified atom stereocenters. The van der Waals surface area contributed by atoms with Crippen molar-refractivity contribution in [2.45, 2.75) is 45.2 Å². The van der Waals surface area contributed by atoms with E-state index in [1.807, 2.05) is 4.90 Å². The van der Waals surface area contributed by atoms with Crippen LogP contribution in [0.1, 0.15) is 34.1 Å². The summed E-state index contributed by atoms with van der Waals surface area (Å²) in [6.45, 7) is 9.08. The Labute approximate surface area is 102 Å². The summed E-state index contributed by atoms with van der Waals surface area (Å²) < 4.78 is 5.07. The lowest BCUT2D eigenvalue weighted by Crippen LogP contribution is -2.42. The third kappa shape index (κ3) is 2.53. The van der Waals surface area contributed by atoms with Crippen LogP contribution in [0.15, 0.2) is 5.11 Å². The Kier molecular flexibility index (Phi) is 4.01. The van der Waals surface area contributed by atoms with Crippen molar-refractivity contribution < 1.29 is 9.53 Å². The zero-order valence-electron chi connectivity index (χ0n) is 10.9. The highest BCUT2D eigenvalue weighted by Gasteiger charge is 2.63. The highest BCUT2D eigenvalue weighted by molar-refractivity contribution is 5.85. The van der Waals surface area contributed by atoms with Gasteiger partial charge in [-0.25, -0.2) is 4.79 Å².